The molecule has 2 aromatic rings. The van der Waals surface area contributed by atoms with E-state index >= 15 is 0 Å². The summed E-state index contributed by atoms with van der Waals surface area (Å²) in [6.07, 6.45) is 0.894. The number of nitrogens with one attached hydrogen (secondary N) is 2. The van der Waals surface area contributed by atoms with Gasteiger partial charge in [0.1, 0.15) is 0 Å². The van der Waals surface area contributed by atoms with Crippen LogP contribution in [0, 0.1) is 13.8 Å². The molecule has 1 aromatic carbocycles. The lowest BCUT2D eigenvalue weighted by Gasteiger charge is -2.28. The van der Waals surface area contributed by atoms with Gasteiger partial charge in [0.25, 0.3) is 0 Å². The molecule has 0 aliphatic rings. The number of aryl methyl sites for hydroxylation is 2. The van der Waals surface area contributed by atoms with Gasteiger partial charge in [0.05, 0.1) is 19.9 Å². The Morgan fingerprint density at radius 1 is 1.20 bits per heavy atom. The van der Waals surface area contributed by atoms with Crippen LogP contribution in [0.2, 0.25) is 0 Å². The summed E-state index contributed by atoms with van der Waals surface area (Å²) >= 11 is 0. The van der Waals surface area contributed by atoms with E-state index in [1.807, 2.05) is 23.9 Å². The van der Waals surface area contributed by atoms with Crippen molar-refractivity contribution < 1.29 is 9.47 Å². The van der Waals surface area contributed by atoms with Crippen molar-refractivity contribution >= 4 is 5.96 Å². The van der Waals surface area contributed by atoms with Gasteiger partial charge in [-0.05, 0) is 50.5 Å². The summed E-state index contributed by atoms with van der Waals surface area (Å²) in [4.78, 5) is 4.41. The maximum Gasteiger partial charge on any atom is 0.191 e. The SMILES string of the molecule is CN=C(NCC(C)(C)c1ccc(OC)c(OC)c1)NC(C)Cc1c(C)nn(C)c1C. The third-order valence-electron chi connectivity index (χ3n) is 5.64. The molecule has 1 aromatic heterocycles. The topological polar surface area (TPSA) is 72.7 Å². The Morgan fingerprint density at radius 2 is 1.87 bits per heavy atom. The van der Waals surface area contributed by atoms with Gasteiger partial charge in [-0.2, -0.15) is 5.10 Å². The van der Waals surface area contributed by atoms with E-state index in [2.05, 4.69) is 61.4 Å². The summed E-state index contributed by atoms with van der Waals surface area (Å²) in [5, 5.41) is 11.5. The highest BCUT2D eigenvalue weighted by atomic mass is 16.5. The van der Waals surface area contributed by atoms with E-state index in [9.17, 15) is 0 Å². The molecule has 0 amide bonds. The molecule has 0 spiro atoms. The summed E-state index contributed by atoms with van der Waals surface area (Å²) in [7, 11) is 7.09. The number of guanidine groups is 1. The van der Waals surface area contributed by atoms with Crippen LogP contribution >= 0.6 is 0 Å². The number of benzene rings is 1. The minimum Gasteiger partial charge on any atom is -0.493 e. The monoisotopic (exact) mass is 415 g/mol. The summed E-state index contributed by atoms with van der Waals surface area (Å²) in [5.41, 5.74) is 4.62. The molecule has 2 N–H and O–H groups in total. The van der Waals surface area contributed by atoms with Gasteiger partial charge >= 0.3 is 0 Å². The zero-order valence-corrected chi connectivity index (χ0v) is 19.9. The minimum atomic E-state index is -0.128. The van der Waals surface area contributed by atoms with E-state index in [-0.39, 0.29) is 11.5 Å². The van der Waals surface area contributed by atoms with Crippen molar-refractivity contribution in [3.8, 4) is 11.5 Å². The highest BCUT2D eigenvalue weighted by molar-refractivity contribution is 5.80. The van der Waals surface area contributed by atoms with Crippen molar-refractivity contribution in [3.05, 3.63) is 40.7 Å². The Labute approximate surface area is 180 Å². The fourth-order valence-electron chi connectivity index (χ4n) is 3.56. The van der Waals surface area contributed by atoms with Crippen molar-refractivity contribution in [3.63, 3.8) is 0 Å². The zero-order valence-electron chi connectivity index (χ0n) is 19.9. The third-order valence-corrected chi connectivity index (χ3v) is 5.64. The van der Waals surface area contributed by atoms with E-state index in [1.54, 1.807) is 21.3 Å². The van der Waals surface area contributed by atoms with E-state index in [4.69, 9.17) is 9.47 Å². The smallest absolute Gasteiger partial charge is 0.191 e. The Morgan fingerprint density at radius 3 is 2.40 bits per heavy atom. The molecule has 0 saturated carbocycles. The van der Waals surface area contributed by atoms with Crippen LogP contribution < -0.4 is 20.1 Å². The number of nitrogens with zero attached hydrogens (tertiary/aromatic N) is 3. The molecule has 2 rings (SSSR count). The second-order valence-electron chi connectivity index (χ2n) is 8.40. The molecular formula is C23H37N5O2. The number of methoxy groups -OCH3 is 2. The maximum atomic E-state index is 5.46. The van der Waals surface area contributed by atoms with Crippen LogP contribution in [0.5, 0.6) is 11.5 Å². The van der Waals surface area contributed by atoms with E-state index in [0.717, 1.165) is 41.7 Å². The van der Waals surface area contributed by atoms with Crippen LogP contribution in [-0.4, -0.2) is 49.6 Å². The van der Waals surface area contributed by atoms with Gasteiger partial charge < -0.3 is 20.1 Å². The number of aromatic nitrogens is 2. The lowest BCUT2D eigenvalue weighted by molar-refractivity contribution is 0.353. The standard InChI is InChI=1S/C23H37N5O2/c1-15(12-19-16(2)27-28(7)17(19)3)26-22(24-6)25-14-23(4,5)18-10-11-20(29-8)21(13-18)30-9/h10-11,13,15H,12,14H2,1-9H3,(H2,24,25,26). The number of hydrogen-bond acceptors (Lipinski definition) is 4. The molecular weight excluding hydrogens is 378 g/mol. The van der Waals surface area contributed by atoms with Crippen molar-refractivity contribution in [2.24, 2.45) is 12.0 Å². The maximum absolute atomic E-state index is 5.46. The van der Waals surface area contributed by atoms with Gasteiger partial charge in [0.2, 0.25) is 0 Å². The third kappa shape index (κ3) is 5.46. The summed E-state index contributed by atoms with van der Waals surface area (Å²) in [6.45, 7) is 11.5. The fraction of sp³-hybridized carbons (Fsp3) is 0.565. The lowest BCUT2D eigenvalue weighted by Crippen LogP contribution is -2.47. The van der Waals surface area contributed by atoms with Crippen molar-refractivity contribution in [2.75, 3.05) is 27.8 Å². The summed E-state index contributed by atoms with van der Waals surface area (Å²) in [6, 6.07) is 6.29. The molecule has 1 atom stereocenters. The first kappa shape index (κ1) is 23.6. The largest absolute Gasteiger partial charge is 0.493 e. The van der Waals surface area contributed by atoms with E-state index < -0.39 is 0 Å². The van der Waals surface area contributed by atoms with Crippen molar-refractivity contribution in [1.29, 1.82) is 0 Å². The molecule has 30 heavy (non-hydrogen) atoms. The molecule has 1 unspecified atom stereocenters. The van der Waals surface area contributed by atoms with Gasteiger partial charge in [-0.25, -0.2) is 0 Å². The average molecular weight is 416 g/mol. The second kappa shape index (κ2) is 9.87. The predicted octanol–water partition coefficient (Wildman–Crippen LogP) is 3.13. The van der Waals surface area contributed by atoms with Crippen molar-refractivity contribution in [2.45, 2.75) is 52.5 Å². The molecule has 0 radical (unpaired) electrons. The van der Waals surface area contributed by atoms with Crippen LogP contribution in [0.25, 0.3) is 0 Å². The lowest BCUT2D eigenvalue weighted by atomic mass is 9.84. The molecule has 0 fully saturated rings. The number of aliphatic imine (C=N–C) groups is 1. The summed E-state index contributed by atoms with van der Waals surface area (Å²) < 4.78 is 12.8. The highest BCUT2D eigenvalue weighted by Crippen LogP contribution is 2.32. The first-order chi connectivity index (χ1) is 14.1. The first-order valence-electron chi connectivity index (χ1n) is 10.3. The Balaban J connectivity index is 2.02. The van der Waals surface area contributed by atoms with Crippen LogP contribution in [0.15, 0.2) is 23.2 Å². The minimum absolute atomic E-state index is 0.128. The molecule has 166 valence electrons. The van der Waals surface area contributed by atoms with Gasteiger partial charge in [-0.15, -0.1) is 0 Å². The first-order valence-corrected chi connectivity index (χ1v) is 10.3. The highest BCUT2D eigenvalue weighted by Gasteiger charge is 2.23. The van der Waals surface area contributed by atoms with Gasteiger partial charge in [-0.3, -0.25) is 9.67 Å². The normalized spacial score (nSPS) is 13.2. The molecule has 7 nitrogen and oxygen atoms in total. The van der Waals surface area contributed by atoms with E-state index in [0.29, 0.717) is 0 Å². The Bertz CT molecular complexity index is 886. The van der Waals surface area contributed by atoms with Crippen LogP contribution in [-0.2, 0) is 18.9 Å². The number of rotatable bonds is 8. The number of hydrogen-bond donors (Lipinski definition) is 2. The molecule has 1 heterocycles. The summed E-state index contributed by atoms with van der Waals surface area (Å²) in [5.74, 6) is 2.26. The number of ether oxygens (including phenoxy) is 2. The molecule has 0 bridgehead atoms. The molecule has 7 heteroatoms. The van der Waals surface area contributed by atoms with Crippen LogP contribution in [0.3, 0.4) is 0 Å². The Kier molecular flexibility index (Phi) is 7.76. The second-order valence-corrected chi connectivity index (χ2v) is 8.40. The van der Waals surface area contributed by atoms with Gasteiger partial charge in [0.15, 0.2) is 17.5 Å². The quantitative estimate of drug-likeness (QED) is 0.512. The molecule has 0 aliphatic heterocycles. The van der Waals surface area contributed by atoms with Crippen molar-refractivity contribution in [1.82, 2.24) is 20.4 Å². The fourth-order valence-corrected chi connectivity index (χ4v) is 3.56. The average Bonchev–Trinajstić information content (AvgIpc) is 2.96. The van der Waals surface area contributed by atoms with Gasteiger partial charge in [0, 0.05) is 37.8 Å². The van der Waals surface area contributed by atoms with Gasteiger partial charge in [-0.1, -0.05) is 19.9 Å². The van der Waals surface area contributed by atoms with Crippen LogP contribution in [0.4, 0.5) is 0 Å². The zero-order chi connectivity index (χ0) is 22.5. The van der Waals surface area contributed by atoms with Crippen LogP contribution in [0.1, 0.15) is 43.3 Å². The predicted molar refractivity (Wildman–Crippen MR) is 123 cm³/mol. The molecule has 0 aliphatic carbocycles. The Hall–Kier alpha value is -2.70. The van der Waals surface area contributed by atoms with E-state index in [1.165, 1.54) is 11.3 Å². The molecule has 0 saturated heterocycles.